The Morgan fingerprint density at radius 3 is 2.55 bits per heavy atom. The number of ether oxygens (including phenoxy) is 1. The SMILES string of the molecule is CC[C@H](C)NC(=O)[C@H](C)N(Cc1cccc(Br)c1)C(=O)COc1cccc(Cl)c1. The van der Waals surface area contributed by atoms with E-state index in [0.29, 0.717) is 17.3 Å². The lowest BCUT2D eigenvalue weighted by atomic mass is 10.1. The van der Waals surface area contributed by atoms with Crippen molar-refractivity contribution in [2.75, 3.05) is 6.61 Å². The van der Waals surface area contributed by atoms with Crippen LogP contribution in [0.1, 0.15) is 32.8 Å². The highest BCUT2D eigenvalue weighted by atomic mass is 79.9. The summed E-state index contributed by atoms with van der Waals surface area (Å²) in [5.74, 6) is 0.0344. The van der Waals surface area contributed by atoms with Gasteiger partial charge in [0.25, 0.3) is 5.91 Å². The van der Waals surface area contributed by atoms with Crippen molar-refractivity contribution in [3.63, 3.8) is 0 Å². The van der Waals surface area contributed by atoms with E-state index in [1.165, 1.54) is 4.90 Å². The quantitative estimate of drug-likeness (QED) is 0.559. The third-order valence-corrected chi connectivity index (χ3v) is 5.30. The average Bonchev–Trinajstić information content (AvgIpc) is 2.69. The van der Waals surface area contributed by atoms with Crippen LogP contribution in [0.3, 0.4) is 0 Å². The maximum absolute atomic E-state index is 13.0. The number of benzene rings is 2. The van der Waals surface area contributed by atoms with Crippen LogP contribution in [-0.4, -0.2) is 35.4 Å². The molecule has 2 amide bonds. The van der Waals surface area contributed by atoms with E-state index < -0.39 is 6.04 Å². The molecule has 0 aliphatic rings. The van der Waals surface area contributed by atoms with Gasteiger partial charge in [0, 0.05) is 22.1 Å². The van der Waals surface area contributed by atoms with Gasteiger partial charge in [0.2, 0.25) is 5.91 Å². The van der Waals surface area contributed by atoms with Crippen LogP contribution in [-0.2, 0) is 16.1 Å². The van der Waals surface area contributed by atoms with Gasteiger partial charge in [-0.2, -0.15) is 0 Å². The summed E-state index contributed by atoms with van der Waals surface area (Å²) >= 11 is 9.41. The Morgan fingerprint density at radius 2 is 1.90 bits per heavy atom. The van der Waals surface area contributed by atoms with Gasteiger partial charge in [0.05, 0.1) is 0 Å². The van der Waals surface area contributed by atoms with Crippen molar-refractivity contribution in [3.05, 3.63) is 63.6 Å². The fourth-order valence-electron chi connectivity index (χ4n) is 2.66. The predicted octanol–water partition coefficient (Wildman–Crippen LogP) is 4.81. The molecule has 0 radical (unpaired) electrons. The molecule has 5 nitrogen and oxygen atoms in total. The van der Waals surface area contributed by atoms with Gasteiger partial charge < -0.3 is 15.0 Å². The van der Waals surface area contributed by atoms with Crippen LogP contribution in [0.2, 0.25) is 5.02 Å². The number of nitrogens with zero attached hydrogens (tertiary/aromatic N) is 1. The highest BCUT2D eigenvalue weighted by Crippen LogP contribution is 2.18. The molecule has 0 aromatic heterocycles. The molecule has 0 spiro atoms. The Kier molecular flexibility index (Phi) is 8.99. The van der Waals surface area contributed by atoms with Crippen LogP contribution in [0.25, 0.3) is 0 Å². The second-order valence-corrected chi connectivity index (χ2v) is 8.24. The first kappa shape index (κ1) is 23.2. The summed E-state index contributed by atoms with van der Waals surface area (Å²) in [5.41, 5.74) is 0.915. The first-order valence-corrected chi connectivity index (χ1v) is 10.7. The minimum absolute atomic E-state index is 0.0375. The Balaban J connectivity index is 2.15. The van der Waals surface area contributed by atoms with Gasteiger partial charge >= 0.3 is 0 Å². The zero-order chi connectivity index (χ0) is 21.4. The number of carbonyl (C=O) groups is 2. The minimum atomic E-state index is -0.640. The fourth-order valence-corrected chi connectivity index (χ4v) is 3.29. The van der Waals surface area contributed by atoms with E-state index in [9.17, 15) is 9.59 Å². The molecule has 1 N–H and O–H groups in total. The number of hydrogen-bond acceptors (Lipinski definition) is 3. The minimum Gasteiger partial charge on any atom is -0.484 e. The van der Waals surface area contributed by atoms with Gasteiger partial charge in [-0.1, -0.05) is 52.7 Å². The molecule has 2 aromatic rings. The maximum Gasteiger partial charge on any atom is 0.261 e. The number of halogens is 2. The highest BCUT2D eigenvalue weighted by Gasteiger charge is 2.27. The highest BCUT2D eigenvalue weighted by molar-refractivity contribution is 9.10. The van der Waals surface area contributed by atoms with Crippen molar-refractivity contribution in [3.8, 4) is 5.75 Å². The van der Waals surface area contributed by atoms with Crippen molar-refractivity contribution in [1.29, 1.82) is 0 Å². The third-order valence-electron chi connectivity index (χ3n) is 4.57. The van der Waals surface area contributed by atoms with Gasteiger partial charge in [0.15, 0.2) is 6.61 Å². The third kappa shape index (κ3) is 7.37. The fraction of sp³-hybridized carbons (Fsp3) is 0.364. The topological polar surface area (TPSA) is 58.6 Å². The molecule has 2 atom stereocenters. The van der Waals surface area contributed by atoms with E-state index in [-0.39, 0.29) is 24.5 Å². The molecule has 0 aliphatic heterocycles. The number of amides is 2. The van der Waals surface area contributed by atoms with Crippen molar-refractivity contribution in [1.82, 2.24) is 10.2 Å². The van der Waals surface area contributed by atoms with E-state index in [2.05, 4.69) is 21.2 Å². The summed E-state index contributed by atoms with van der Waals surface area (Å²) < 4.78 is 6.52. The maximum atomic E-state index is 13.0. The van der Waals surface area contributed by atoms with Crippen molar-refractivity contribution < 1.29 is 14.3 Å². The van der Waals surface area contributed by atoms with E-state index in [0.717, 1.165) is 16.5 Å². The number of carbonyl (C=O) groups excluding carboxylic acids is 2. The zero-order valence-corrected chi connectivity index (χ0v) is 19.2. The monoisotopic (exact) mass is 480 g/mol. The standard InChI is InChI=1S/C22H26BrClN2O3/c1-4-15(2)25-22(28)16(3)26(13-17-7-5-8-18(23)11-17)21(27)14-29-20-10-6-9-19(24)12-20/h5-12,15-16H,4,13-14H2,1-3H3,(H,25,28)/t15-,16-/m0/s1. The summed E-state index contributed by atoms with van der Waals surface area (Å²) in [7, 11) is 0. The average molecular weight is 482 g/mol. The first-order valence-electron chi connectivity index (χ1n) is 9.52. The molecule has 7 heteroatoms. The molecule has 0 saturated heterocycles. The summed E-state index contributed by atoms with van der Waals surface area (Å²) in [6.45, 7) is 5.78. The largest absolute Gasteiger partial charge is 0.484 e. The first-order chi connectivity index (χ1) is 13.8. The van der Waals surface area contributed by atoms with Crippen LogP contribution in [0.5, 0.6) is 5.75 Å². The van der Waals surface area contributed by atoms with Crippen molar-refractivity contribution in [2.24, 2.45) is 0 Å². The lowest BCUT2D eigenvalue weighted by Crippen LogP contribution is -2.50. The van der Waals surface area contributed by atoms with Crippen LogP contribution in [0.15, 0.2) is 53.0 Å². The Morgan fingerprint density at radius 1 is 1.17 bits per heavy atom. The molecule has 0 bridgehead atoms. The van der Waals surface area contributed by atoms with Gasteiger partial charge in [-0.3, -0.25) is 9.59 Å². The molecule has 29 heavy (non-hydrogen) atoms. The van der Waals surface area contributed by atoms with Gasteiger partial charge in [-0.25, -0.2) is 0 Å². The normalized spacial score (nSPS) is 12.7. The summed E-state index contributed by atoms with van der Waals surface area (Å²) in [5, 5.41) is 3.47. The molecule has 156 valence electrons. The lowest BCUT2D eigenvalue weighted by Gasteiger charge is -2.29. The molecular weight excluding hydrogens is 456 g/mol. The Bertz CT molecular complexity index is 846. The summed E-state index contributed by atoms with van der Waals surface area (Å²) in [6, 6.07) is 13.9. The summed E-state index contributed by atoms with van der Waals surface area (Å²) in [6.07, 6.45) is 0.815. The van der Waals surface area contributed by atoms with E-state index in [1.54, 1.807) is 31.2 Å². The van der Waals surface area contributed by atoms with Gasteiger partial charge in [0.1, 0.15) is 11.8 Å². The number of hydrogen-bond donors (Lipinski definition) is 1. The predicted molar refractivity (Wildman–Crippen MR) is 119 cm³/mol. The number of nitrogens with one attached hydrogen (secondary N) is 1. The van der Waals surface area contributed by atoms with Crippen LogP contribution in [0, 0.1) is 0 Å². The van der Waals surface area contributed by atoms with Crippen LogP contribution in [0.4, 0.5) is 0 Å². The molecule has 0 heterocycles. The Hall–Kier alpha value is -2.05. The number of rotatable bonds is 9. The van der Waals surface area contributed by atoms with E-state index in [1.807, 2.05) is 38.1 Å². The van der Waals surface area contributed by atoms with Gasteiger partial charge in [-0.05, 0) is 56.2 Å². The second-order valence-electron chi connectivity index (χ2n) is 6.89. The smallest absolute Gasteiger partial charge is 0.261 e. The van der Waals surface area contributed by atoms with Crippen molar-refractivity contribution in [2.45, 2.75) is 45.8 Å². The Labute approximate surface area is 185 Å². The molecule has 2 rings (SSSR count). The molecule has 0 fully saturated rings. The summed E-state index contributed by atoms with van der Waals surface area (Å²) in [4.78, 5) is 27.2. The molecule has 2 aromatic carbocycles. The van der Waals surface area contributed by atoms with Crippen molar-refractivity contribution >= 4 is 39.3 Å². The van der Waals surface area contributed by atoms with Gasteiger partial charge in [-0.15, -0.1) is 0 Å². The molecule has 0 aliphatic carbocycles. The van der Waals surface area contributed by atoms with E-state index in [4.69, 9.17) is 16.3 Å². The second kappa shape index (κ2) is 11.2. The molecule has 0 unspecified atom stereocenters. The lowest BCUT2D eigenvalue weighted by molar-refractivity contribution is -0.142. The zero-order valence-electron chi connectivity index (χ0n) is 16.8. The molecule has 0 saturated carbocycles. The van der Waals surface area contributed by atoms with E-state index >= 15 is 0 Å². The van der Waals surface area contributed by atoms with Crippen LogP contribution >= 0.6 is 27.5 Å². The van der Waals surface area contributed by atoms with Crippen LogP contribution < -0.4 is 10.1 Å². The molecular formula is C22H26BrClN2O3.